The van der Waals surface area contributed by atoms with Crippen LogP contribution in [0.25, 0.3) is 0 Å². The molecule has 2 nitrogen and oxygen atoms in total. The summed E-state index contributed by atoms with van der Waals surface area (Å²) in [6.45, 7) is 5.71. The van der Waals surface area contributed by atoms with Gasteiger partial charge in [0, 0.05) is 21.4 Å². The second-order valence-corrected chi connectivity index (χ2v) is 6.87. The Hall–Kier alpha value is 0.100. The second-order valence-electron chi connectivity index (χ2n) is 5.07. The first-order valence-electron chi connectivity index (χ1n) is 6.35. The van der Waals surface area contributed by atoms with Gasteiger partial charge in [-0.15, -0.1) is 11.3 Å². The molecule has 0 aliphatic carbocycles. The van der Waals surface area contributed by atoms with Gasteiger partial charge in [0.2, 0.25) is 0 Å². The number of halogens is 1. The van der Waals surface area contributed by atoms with Crippen molar-refractivity contribution in [2.24, 2.45) is 5.73 Å². The van der Waals surface area contributed by atoms with Gasteiger partial charge in [0.15, 0.2) is 0 Å². The molecule has 1 aliphatic heterocycles. The molecular formula is C13H21BrN2S. The molecule has 2 unspecified atom stereocenters. The summed E-state index contributed by atoms with van der Waals surface area (Å²) in [5.74, 6) is 0. The highest BCUT2D eigenvalue weighted by molar-refractivity contribution is 9.10. The molecule has 0 bridgehead atoms. The van der Waals surface area contributed by atoms with Crippen molar-refractivity contribution in [2.45, 2.75) is 51.2 Å². The number of nitrogens with zero attached hydrogens (tertiary/aromatic N) is 1. The molecule has 1 fully saturated rings. The van der Waals surface area contributed by atoms with Gasteiger partial charge in [-0.3, -0.25) is 4.90 Å². The van der Waals surface area contributed by atoms with Gasteiger partial charge in [0.25, 0.3) is 0 Å². The highest BCUT2D eigenvalue weighted by Crippen LogP contribution is 2.38. The van der Waals surface area contributed by atoms with Crippen LogP contribution < -0.4 is 5.73 Å². The number of thiophene rings is 1. The van der Waals surface area contributed by atoms with Gasteiger partial charge >= 0.3 is 0 Å². The predicted octanol–water partition coefficient (Wildman–Crippen LogP) is 3.77. The zero-order valence-electron chi connectivity index (χ0n) is 10.5. The topological polar surface area (TPSA) is 29.3 Å². The molecular weight excluding hydrogens is 296 g/mol. The van der Waals surface area contributed by atoms with Crippen molar-refractivity contribution >= 4 is 27.3 Å². The third kappa shape index (κ3) is 2.92. The molecule has 1 aromatic rings. The first-order chi connectivity index (χ1) is 8.11. The molecule has 2 atom stereocenters. The Morgan fingerprint density at radius 3 is 2.82 bits per heavy atom. The van der Waals surface area contributed by atoms with Crippen molar-refractivity contribution in [2.75, 3.05) is 6.54 Å². The van der Waals surface area contributed by atoms with Crippen LogP contribution in [0.15, 0.2) is 15.9 Å². The highest BCUT2D eigenvalue weighted by atomic mass is 79.9. The first kappa shape index (κ1) is 13.5. The molecule has 0 saturated carbocycles. The Bertz CT molecular complexity index is 364. The summed E-state index contributed by atoms with van der Waals surface area (Å²) in [5.41, 5.74) is 6.41. The largest absolute Gasteiger partial charge is 0.326 e. The molecule has 2 heterocycles. The molecule has 4 heteroatoms. The summed E-state index contributed by atoms with van der Waals surface area (Å²) in [4.78, 5) is 3.96. The molecule has 1 aromatic heterocycles. The van der Waals surface area contributed by atoms with Gasteiger partial charge in [-0.1, -0.05) is 6.42 Å². The maximum atomic E-state index is 6.41. The Labute approximate surface area is 116 Å². The summed E-state index contributed by atoms with van der Waals surface area (Å²) in [7, 11) is 0. The minimum atomic E-state index is 0.259. The van der Waals surface area contributed by atoms with E-state index in [0.717, 1.165) is 6.42 Å². The molecule has 17 heavy (non-hydrogen) atoms. The molecule has 0 radical (unpaired) electrons. The molecule has 96 valence electrons. The lowest BCUT2D eigenvalue weighted by atomic mass is 10.0. The fourth-order valence-electron chi connectivity index (χ4n) is 2.66. The maximum absolute atomic E-state index is 6.41. The van der Waals surface area contributed by atoms with Gasteiger partial charge in [0.05, 0.1) is 6.04 Å². The van der Waals surface area contributed by atoms with E-state index in [2.05, 4.69) is 46.1 Å². The lowest BCUT2D eigenvalue weighted by molar-refractivity contribution is 0.146. The normalized spacial score (nSPS) is 27.4. The van der Waals surface area contributed by atoms with E-state index in [1.54, 1.807) is 0 Å². The fraction of sp³-hybridized carbons (Fsp3) is 0.692. The Morgan fingerprint density at radius 1 is 1.47 bits per heavy atom. The molecule has 1 saturated heterocycles. The first-order valence-corrected chi connectivity index (χ1v) is 8.02. The van der Waals surface area contributed by atoms with Crippen LogP contribution in [0.1, 0.15) is 44.0 Å². The molecule has 0 spiro atoms. The van der Waals surface area contributed by atoms with Crippen molar-refractivity contribution in [3.63, 3.8) is 0 Å². The smallest absolute Gasteiger partial charge is 0.0607 e. The van der Waals surface area contributed by atoms with Gasteiger partial charge in [-0.2, -0.15) is 0 Å². The second kappa shape index (κ2) is 5.83. The van der Waals surface area contributed by atoms with Crippen molar-refractivity contribution in [1.82, 2.24) is 4.90 Å². The van der Waals surface area contributed by atoms with E-state index in [0.29, 0.717) is 12.1 Å². The lowest BCUT2D eigenvalue weighted by Crippen LogP contribution is -2.43. The monoisotopic (exact) mass is 316 g/mol. The summed E-state index contributed by atoms with van der Waals surface area (Å²) >= 11 is 5.48. The zero-order chi connectivity index (χ0) is 12.4. The standard InChI is InChI=1S/C13H21BrN2S/c1-9(2)16-7-4-3-5-11(15)12(16)13-10(14)6-8-17-13/h6,8-9,11-12H,3-5,7,15H2,1-2H3. The van der Waals surface area contributed by atoms with Crippen LogP contribution in [0.2, 0.25) is 0 Å². The number of rotatable bonds is 2. The average molecular weight is 317 g/mol. The zero-order valence-corrected chi connectivity index (χ0v) is 12.9. The van der Waals surface area contributed by atoms with Crippen molar-refractivity contribution in [3.8, 4) is 0 Å². The van der Waals surface area contributed by atoms with E-state index in [-0.39, 0.29) is 6.04 Å². The average Bonchev–Trinajstić information content (AvgIpc) is 2.58. The number of nitrogens with two attached hydrogens (primary N) is 1. The Balaban J connectivity index is 2.33. The predicted molar refractivity (Wildman–Crippen MR) is 78.4 cm³/mol. The lowest BCUT2D eigenvalue weighted by Gasteiger charge is -2.36. The van der Waals surface area contributed by atoms with E-state index in [9.17, 15) is 0 Å². The minimum Gasteiger partial charge on any atom is -0.326 e. The van der Waals surface area contributed by atoms with Crippen LogP contribution in [0.3, 0.4) is 0 Å². The quantitative estimate of drug-likeness (QED) is 0.899. The van der Waals surface area contributed by atoms with E-state index >= 15 is 0 Å². The highest BCUT2D eigenvalue weighted by Gasteiger charge is 2.32. The molecule has 2 N–H and O–H groups in total. The van der Waals surface area contributed by atoms with Crippen molar-refractivity contribution in [3.05, 3.63) is 20.8 Å². The van der Waals surface area contributed by atoms with Crippen LogP contribution in [0.5, 0.6) is 0 Å². The number of hydrogen-bond acceptors (Lipinski definition) is 3. The maximum Gasteiger partial charge on any atom is 0.0607 e. The third-order valence-corrected chi connectivity index (χ3v) is 5.48. The fourth-order valence-corrected chi connectivity index (χ4v) is 4.46. The van der Waals surface area contributed by atoms with Gasteiger partial charge in [-0.05, 0) is 60.6 Å². The van der Waals surface area contributed by atoms with Crippen LogP contribution in [-0.2, 0) is 0 Å². The van der Waals surface area contributed by atoms with Crippen LogP contribution in [0.4, 0.5) is 0 Å². The van der Waals surface area contributed by atoms with Gasteiger partial charge in [-0.25, -0.2) is 0 Å². The van der Waals surface area contributed by atoms with Crippen molar-refractivity contribution < 1.29 is 0 Å². The molecule has 0 aromatic carbocycles. The van der Waals surface area contributed by atoms with E-state index < -0.39 is 0 Å². The molecule has 1 aliphatic rings. The van der Waals surface area contributed by atoms with Crippen LogP contribution in [0, 0.1) is 0 Å². The molecule has 2 rings (SSSR count). The van der Waals surface area contributed by atoms with E-state index in [1.165, 1.54) is 28.7 Å². The number of hydrogen-bond donors (Lipinski definition) is 1. The molecule has 0 amide bonds. The number of likely N-dealkylation sites (tertiary alicyclic amines) is 1. The Kier molecular flexibility index (Phi) is 4.64. The SMILES string of the molecule is CC(C)N1CCCCC(N)C1c1sccc1Br. The minimum absolute atomic E-state index is 0.259. The Morgan fingerprint density at radius 2 is 2.24 bits per heavy atom. The summed E-state index contributed by atoms with van der Waals surface area (Å²) in [6, 6.07) is 3.33. The van der Waals surface area contributed by atoms with E-state index in [1.807, 2.05) is 11.3 Å². The van der Waals surface area contributed by atoms with Crippen LogP contribution >= 0.6 is 27.3 Å². The van der Waals surface area contributed by atoms with Crippen LogP contribution in [-0.4, -0.2) is 23.5 Å². The van der Waals surface area contributed by atoms with E-state index in [4.69, 9.17) is 5.73 Å². The summed E-state index contributed by atoms with van der Waals surface area (Å²) < 4.78 is 1.22. The van der Waals surface area contributed by atoms with Gasteiger partial charge < -0.3 is 5.73 Å². The van der Waals surface area contributed by atoms with Gasteiger partial charge in [0.1, 0.15) is 0 Å². The van der Waals surface area contributed by atoms with Crippen molar-refractivity contribution in [1.29, 1.82) is 0 Å². The third-order valence-electron chi connectivity index (χ3n) is 3.54. The summed E-state index contributed by atoms with van der Waals surface area (Å²) in [5, 5.41) is 2.15. The summed E-state index contributed by atoms with van der Waals surface area (Å²) in [6.07, 6.45) is 3.66.